The van der Waals surface area contributed by atoms with Gasteiger partial charge in [-0.05, 0) is 17.7 Å². The van der Waals surface area contributed by atoms with Crippen LogP contribution >= 0.6 is 0 Å². The highest BCUT2D eigenvalue weighted by Crippen LogP contribution is 2.33. The number of aromatic nitrogens is 2. The molecule has 0 radical (unpaired) electrons. The largest absolute Gasteiger partial charge is 0.501 e. The standard InChI is InChI=1S/C19H14F3N3O3/c20-19(21,22)13-8-4-7-12(9-13)16-24-14(15(26)18(28)25-16)17(27)23-10-11-5-2-1-3-6-11/h1-9,26H,10H2,(H,23,27)(H,24,25,28). The van der Waals surface area contributed by atoms with E-state index in [0.29, 0.717) is 0 Å². The van der Waals surface area contributed by atoms with Crippen molar-refractivity contribution in [1.29, 1.82) is 0 Å². The van der Waals surface area contributed by atoms with E-state index in [2.05, 4.69) is 15.3 Å². The third-order valence-electron chi connectivity index (χ3n) is 3.82. The Morgan fingerprint density at radius 2 is 1.71 bits per heavy atom. The van der Waals surface area contributed by atoms with E-state index >= 15 is 0 Å². The van der Waals surface area contributed by atoms with E-state index in [9.17, 15) is 28.2 Å². The minimum absolute atomic E-state index is 0.0674. The van der Waals surface area contributed by atoms with Crippen LogP contribution in [0.3, 0.4) is 0 Å². The van der Waals surface area contributed by atoms with E-state index in [4.69, 9.17) is 0 Å². The number of carbonyl (C=O) groups is 1. The highest BCUT2D eigenvalue weighted by Gasteiger charge is 2.31. The number of hydrogen-bond acceptors (Lipinski definition) is 5. The van der Waals surface area contributed by atoms with Crippen LogP contribution in [-0.4, -0.2) is 26.1 Å². The van der Waals surface area contributed by atoms with E-state index in [1.807, 2.05) is 0 Å². The van der Waals surface area contributed by atoms with Crippen molar-refractivity contribution in [2.24, 2.45) is 0 Å². The number of amides is 1. The first kappa shape index (κ1) is 19.2. The van der Waals surface area contributed by atoms with Crippen LogP contribution in [0, 0.1) is 0 Å². The summed E-state index contributed by atoms with van der Waals surface area (Å²) >= 11 is 0. The number of hydrogen-bond donors (Lipinski definition) is 3. The van der Waals surface area contributed by atoms with Crippen LogP contribution in [0.15, 0.2) is 54.6 Å². The lowest BCUT2D eigenvalue weighted by Crippen LogP contribution is -2.24. The maximum Gasteiger partial charge on any atom is 0.416 e. The van der Waals surface area contributed by atoms with Gasteiger partial charge in [-0.3, -0.25) is 4.79 Å². The fourth-order valence-electron chi connectivity index (χ4n) is 2.43. The first-order valence-electron chi connectivity index (χ1n) is 8.05. The Morgan fingerprint density at radius 1 is 1.00 bits per heavy atom. The zero-order valence-corrected chi connectivity index (χ0v) is 14.2. The molecule has 6 nitrogen and oxygen atoms in total. The topological polar surface area (TPSA) is 95.3 Å². The zero-order valence-electron chi connectivity index (χ0n) is 14.2. The van der Waals surface area contributed by atoms with Crippen molar-refractivity contribution >= 4 is 5.91 Å². The van der Waals surface area contributed by atoms with Crippen LogP contribution in [-0.2, 0) is 12.7 Å². The van der Waals surface area contributed by atoms with Gasteiger partial charge in [-0.25, -0.2) is 4.98 Å². The Morgan fingerprint density at radius 3 is 2.39 bits per heavy atom. The second-order valence-corrected chi connectivity index (χ2v) is 5.81. The smallest absolute Gasteiger partial charge is 0.416 e. The second kappa shape index (κ2) is 7.55. The third-order valence-corrected chi connectivity index (χ3v) is 3.82. The van der Waals surface area contributed by atoms with Crippen molar-refractivity contribution in [2.75, 3.05) is 0 Å². The van der Waals surface area contributed by atoms with Crippen LogP contribution in [0.25, 0.3) is 11.4 Å². The summed E-state index contributed by atoms with van der Waals surface area (Å²) in [5.41, 5.74) is -0.763. The van der Waals surface area contributed by atoms with E-state index in [-0.39, 0.29) is 17.9 Å². The fraction of sp³-hybridized carbons (Fsp3) is 0.105. The van der Waals surface area contributed by atoms with Gasteiger partial charge in [-0.2, -0.15) is 18.2 Å². The second-order valence-electron chi connectivity index (χ2n) is 5.81. The highest BCUT2D eigenvalue weighted by molar-refractivity contribution is 5.95. The van der Waals surface area contributed by atoms with Crippen molar-refractivity contribution in [1.82, 2.24) is 15.3 Å². The van der Waals surface area contributed by atoms with Gasteiger partial charge in [0, 0.05) is 12.1 Å². The number of carbonyl (C=O) groups excluding carboxylic acids is 1. The first-order valence-corrected chi connectivity index (χ1v) is 8.05. The van der Waals surface area contributed by atoms with E-state index in [1.54, 1.807) is 30.3 Å². The molecule has 0 aliphatic carbocycles. The molecule has 0 saturated heterocycles. The number of aromatic hydroxyl groups is 2. The molecule has 3 rings (SSSR count). The van der Waals surface area contributed by atoms with Gasteiger partial charge in [0.05, 0.1) is 5.56 Å². The maximum absolute atomic E-state index is 12.9. The molecule has 9 heteroatoms. The van der Waals surface area contributed by atoms with Crippen LogP contribution in [0.5, 0.6) is 11.6 Å². The number of alkyl halides is 3. The van der Waals surface area contributed by atoms with E-state index in [1.165, 1.54) is 6.07 Å². The Kier molecular flexibility index (Phi) is 5.16. The maximum atomic E-state index is 12.9. The van der Waals surface area contributed by atoms with Gasteiger partial charge in [0.15, 0.2) is 11.5 Å². The third kappa shape index (κ3) is 4.20. The Labute approximate surface area is 157 Å². The molecule has 0 atom stereocenters. The zero-order chi connectivity index (χ0) is 20.3. The van der Waals surface area contributed by atoms with Gasteiger partial charge < -0.3 is 15.5 Å². The molecule has 0 bridgehead atoms. The van der Waals surface area contributed by atoms with Crippen molar-refractivity contribution < 1.29 is 28.2 Å². The van der Waals surface area contributed by atoms with Crippen LogP contribution in [0.2, 0.25) is 0 Å². The SMILES string of the molecule is O=C(NCc1ccccc1)c1nc(-c2cccc(C(F)(F)F)c2)nc(O)c1O. The van der Waals surface area contributed by atoms with Crippen LogP contribution < -0.4 is 5.32 Å². The number of nitrogens with one attached hydrogen (secondary N) is 1. The average Bonchev–Trinajstić information content (AvgIpc) is 2.68. The Bertz CT molecular complexity index is 1010. The van der Waals surface area contributed by atoms with E-state index < -0.39 is 35.0 Å². The lowest BCUT2D eigenvalue weighted by atomic mass is 10.1. The highest BCUT2D eigenvalue weighted by atomic mass is 19.4. The van der Waals surface area contributed by atoms with E-state index in [0.717, 1.165) is 23.8 Å². The predicted octanol–water partition coefficient (Wildman–Crippen LogP) is 3.50. The summed E-state index contributed by atoms with van der Waals surface area (Å²) in [6.45, 7) is 0.128. The summed E-state index contributed by atoms with van der Waals surface area (Å²) in [6, 6.07) is 13.0. The number of benzene rings is 2. The predicted molar refractivity (Wildman–Crippen MR) is 93.4 cm³/mol. The summed E-state index contributed by atoms with van der Waals surface area (Å²) in [4.78, 5) is 19.8. The molecule has 1 heterocycles. The minimum atomic E-state index is -4.58. The molecule has 2 aromatic carbocycles. The molecule has 0 unspecified atom stereocenters. The van der Waals surface area contributed by atoms with Gasteiger partial charge in [0.2, 0.25) is 5.75 Å². The first-order chi connectivity index (χ1) is 13.3. The molecule has 144 valence electrons. The van der Waals surface area contributed by atoms with Gasteiger partial charge >= 0.3 is 6.18 Å². The molecule has 0 aliphatic rings. The molecule has 1 aromatic heterocycles. The molecule has 0 spiro atoms. The molecule has 0 saturated carbocycles. The number of rotatable bonds is 4. The molecule has 0 aliphatic heterocycles. The molecule has 3 N–H and O–H groups in total. The summed E-state index contributed by atoms with van der Waals surface area (Å²) in [5, 5.41) is 22.2. The molecule has 0 fully saturated rings. The summed E-state index contributed by atoms with van der Waals surface area (Å²) < 4.78 is 38.7. The monoisotopic (exact) mass is 389 g/mol. The summed E-state index contributed by atoms with van der Waals surface area (Å²) in [7, 11) is 0. The fourth-order valence-corrected chi connectivity index (χ4v) is 2.43. The van der Waals surface area contributed by atoms with Crippen molar-refractivity contribution in [3.05, 3.63) is 71.4 Å². The van der Waals surface area contributed by atoms with Crippen LogP contribution in [0.4, 0.5) is 13.2 Å². The molecule has 28 heavy (non-hydrogen) atoms. The van der Waals surface area contributed by atoms with Crippen molar-refractivity contribution in [3.63, 3.8) is 0 Å². The Balaban J connectivity index is 1.91. The molecule has 1 amide bonds. The summed E-state index contributed by atoms with van der Waals surface area (Å²) in [6.07, 6.45) is -4.58. The minimum Gasteiger partial charge on any atom is -0.501 e. The van der Waals surface area contributed by atoms with Crippen molar-refractivity contribution in [3.8, 4) is 23.0 Å². The quantitative estimate of drug-likeness (QED) is 0.635. The van der Waals surface area contributed by atoms with Gasteiger partial charge in [-0.15, -0.1) is 0 Å². The van der Waals surface area contributed by atoms with Crippen LogP contribution in [0.1, 0.15) is 21.6 Å². The number of nitrogens with zero attached hydrogens (tertiary/aromatic N) is 2. The van der Waals surface area contributed by atoms with Crippen molar-refractivity contribution in [2.45, 2.75) is 12.7 Å². The molecular weight excluding hydrogens is 375 g/mol. The molecular formula is C19H14F3N3O3. The van der Waals surface area contributed by atoms with Gasteiger partial charge in [0.1, 0.15) is 0 Å². The summed E-state index contributed by atoms with van der Waals surface area (Å²) in [5.74, 6) is -2.91. The normalized spacial score (nSPS) is 11.2. The lowest BCUT2D eigenvalue weighted by Gasteiger charge is -2.11. The number of halogens is 3. The molecule has 3 aromatic rings. The Hall–Kier alpha value is -3.62. The van der Waals surface area contributed by atoms with Gasteiger partial charge in [-0.1, -0.05) is 42.5 Å². The average molecular weight is 389 g/mol. The van der Waals surface area contributed by atoms with Gasteiger partial charge in [0.25, 0.3) is 11.8 Å². The lowest BCUT2D eigenvalue weighted by molar-refractivity contribution is -0.137.